The zero-order valence-electron chi connectivity index (χ0n) is 19.7. The van der Waals surface area contributed by atoms with Crippen molar-refractivity contribution in [1.29, 1.82) is 0 Å². The molecular weight excluding hydrogens is 459 g/mol. The average molecular weight is 485 g/mol. The Morgan fingerprint density at radius 1 is 1.11 bits per heavy atom. The van der Waals surface area contributed by atoms with Gasteiger partial charge in [0.1, 0.15) is 17.3 Å². The van der Waals surface area contributed by atoms with Crippen LogP contribution in [0.15, 0.2) is 42.7 Å². The van der Waals surface area contributed by atoms with E-state index < -0.39 is 0 Å². The molecule has 182 valence electrons. The van der Waals surface area contributed by atoms with E-state index in [4.69, 9.17) is 15.5 Å². The van der Waals surface area contributed by atoms with E-state index in [9.17, 15) is 4.39 Å². The summed E-state index contributed by atoms with van der Waals surface area (Å²) in [6.07, 6.45) is 5.38. The average Bonchev–Trinajstić information content (AvgIpc) is 3.53. The molecule has 5 aromatic rings. The third kappa shape index (κ3) is 3.40. The Morgan fingerprint density at radius 2 is 1.94 bits per heavy atom. The maximum absolute atomic E-state index is 14.6. The molecule has 36 heavy (non-hydrogen) atoms. The topological polar surface area (TPSA) is 118 Å². The van der Waals surface area contributed by atoms with Gasteiger partial charge in [-0.15, -0.1) is 0 Å². The normalized spacial score (nSPS) is 21.5. The molecule has 2 fully saturated rings. The number of rotatable bonds is 4. The van der Waals surface area contributed by atoms with Gasteiger partial charge in [-0.3, -0.25) is 9.97 Å². The number of aromatic nitrogens is 5. The lowest BCUT2D eigenvalue weighted by Crippen LogP contribution is -2.26. The van der Waals surface area contributed by atoms with Gasteiger partial charge in [-0.1, -0.05) is 0 Å². The second-order valence-corrected chi connectivity index (χ2v) is 9.78. The van der Waals surface area contributed by atoms with Crippen LogP contribution in [-0.2, 0) is 0 Å². The van der Waals surface area contributed by atoms with E-state index in [0.717, 1.165) is 59.1 Å². The zero-order chi connectivity index (χ0) is 24.4. The number of pyridine rings is 2. The summed E-state index contributed by atoms with van der Waals surface area (Å²) in [5, 5.41) is 4.60. The number of benzene rings is 1. The van der Waals surface area contributed by atoms with Crippen molar-refractivity contribution in [3.8, 4) is 11.8 Å². The summed E-state index contributed by atoms with van der Waals surface area (Å²) in [5.74, 6) is 1.97. The molecule has 1 aliphatic heterocycles. The minimum absolute atomic E-state index is 0.196. The van der Waals surface area contributed by atoms with E-state index in [2.05, 4.69) is 30.2 Å². The van der Waals surface area contributed by atoms with Gasteiger partial charge in [-0.25, -0.2) is 4.39 Å². The second kappa shape index (κ2) is 7.99. The number of ether oxygens (including phenoxy) is 1. The molecule has 9 nitrogen and oxygen atoms in total. The Balaban J connectivity index is 1.37. The van der Waals surface area contributed by atoms with Gasteiger partial charge in [0.15, 0.2) is 5.75 Å². The maximum Gasteiger partial charge on any atom is 0.326 e. The molecule has 0 radical (unpaired) electrons. The third-order valence-electron chi connectivity index (χ3n) is 7.48. The van der Waals surface area contributed by atoms with Gasteiger partial charge < -0.3 is 25.7 Å². The van der Waals surface area contributed by atoms with Crippen molar-refractivity contribution in [2.45, 2.75) is 18.9 Å². The molecule has 2 aliphatic rings. The largest absolute Gasteiger partial charge is 0.422 e. The first-order chi connectivity index (χ1) is 17.6. The number of nitrogens with one attached hydrogen (secondary N) is 2. The fraction of sp³-hybridized carbons (Fsp3) is 0.308. The van der Waals surface area contributed by atoms with Crippen LogP contribution in [0.3, 0.4) is 0 Å². The van der Waals surface area contributed by atoms with Crippen LogP contribution < -0.4 is 20.7 Å². The van der Waals surface area contributed by atoms with Crippen molar-refractivity contribution in [1.82, 2.24) is 24.9 Å². The molecule has 1 saturated heterocycles. The molecule has 0 bridgehead atoms. The van der Waals surface area contributed by atoms with Crippen molar-refractivity contribution < 1.29 is 9.13 Å². The monoisotopic (exact) mass is 484 g/mol. The number of aromatic amines is 1. The first kappa shape index (κ1) is 21.3. The summed E-state index contributed by atoms with van der Waals surface area (Å²) in [7, 11) is 1.77. The molecule has 0 amide bonds. The number of hydrogen-bond acceptors (Lipinski definition) is 8. The molecule has 1 aliphatic carbocycles. The van der Waals surface area contributed by atoms with Crippen LogP contribution in [0.1, 0.15) is 12.8 Å². The summed E-state index contributed by atoms with van der Waals surface area (Å²) < 4.78 is 20.7. The van der Waals surface area contributed by atoms with Crippen LogP contribution in [0.4, 0.5) is 15.9 Å². The number of nitrogens with two attached hydrogens (primary N) is 1. The van der Waals surface area contributed by atoms with Crippen LogP contribution in [0, 0.1) is 17.7 Å². The molecule has 7 rings (SSSR count). The van der Waals surface area contributed by atoms with Gasteiger partial charge >= 0.3 is 6.01 Å². The van der Waals surface area contributed by atoms with Gasteiger partial charge in [-0.2, -0.15) is 9.97 Å². The molecule has 0 spiro atoms. The molecule has 4 N–H and O–H groups in total. The van der Waals surface area contributed by atoms with Gasteiger partial charge in [0.05, 0.1) is 33.8 Å². The number of hydrogen-bond donors (Lipinski definition) is 3. The Hall–Kier alpha value is -4.05. The molecule has 1 unspecified atom stereocenters. The summed E-state index contributed by atoms with van der Waals surface area (Å²) >= 11 is 0. The van der Waals surface area contributed by atoms with Crippen molar-refractivity contribution in [3.63, 3.8) is 0 Å². The van der Waals surface area contributed by atoms with E-state index in [-0.39, 0.29) is 17.9 Å². The summed E-state index contributed by atoms with van der Waals surface area (Å²) in [6.45, 7) is 1.71. The molecule has 5 heterocycles. The highest BCUT2D eigenvalue weighted by atomic mass is 19.1. The van der Waals surface area contributed by atoms with Crippen molar-refractivity contribution in [2.24, 2.45) is 17.6 Å². The number of halogens is 1. The molecule has 4 aromatic heterocycles. The van der Waals surface area contributed by atoms with Crippen molar-refractivity contribution in [3.05, 3.63) is 48.5 Å². The lowest BCUT2D eigenvalue weighted by Gasteiger charge is -2.21. The minimum atomic E-state index is -0.321. The first-order valence-electron chi connectivity index (χ1n) is 12.2. The van der Waals surface area contributed by atoms with Gasteiger partial charge in [0, 0.05) is 43.8 Å². The Morgan fingerprint density at radius 3 is 2.75 bits per heavy atom. The van der Waals surface area contributed by atoms with Gasteiger partial charge in [-0.05, 0) is 48.9 Å². The third-order valence-corrected chi connectivity index (χ3v) is 7.48. The second-order valence-electron chi connectivity index (χ2n) is 9.78. The highest BCUT2D eigenvalue weighted by Gasteiger charge is 2.41. The van der Waals surface area contributed by atoms with Gasteiger partial charge in [0.2, 0.25) is 0 Å². The number of anilines is 2. The van der Waals surface area contributed by atoms with E-state index in [1.165, 1.54) is 12.1 Å². The van der Waals surface area contributed by atoms with E-state index in [1.807, 2.05) is 18.2 Å². The number of H-pyrrole nitrogens is 1. The van der Waals surface area contributed by atoms with Crippen LogP contribution in [0.2, 0.25) is 0 Å². The Kier molecular flexibility index (Phi) is 4.72. The SMILES string of the molecule is CNc1cc(F)cc2c1[nH]c1nc(Oc3cnc4cccnc4c3)nc(N3CC4C[C@@H](N)C[C@H]4C3)c12. The van der Waals surface area contributed by atoms with Crippen molar-refractivity contribution >= 4 is 44.5 Å². The van der Waals surface area contributed by atoms with Crippen LogP contribution in [0.5, 0.6) is 11.8 Å². The number of nitrogens with zero attached hydrogens (tertiary/aromatic N) is 5. The van der Waals surface area contributed by atoms with Gasteiger partial charge in [0.25, 0.3) is 0 Å². The predicted octanol–water partition coefficient (Wildman–Crippen LogP) is 4.20. The molecule has 3 atom stereocenters. The molecular formula is C26H25FN8O. The van der Waals surface area contributed by atoms with Crippen molar-refractivity contribution in [2.75, 3.05) is 30.4 Å². The molecule has 10 heteroatoms. The number of fused-ring (bicyclic) bond motifs is 5. The minimum Gasteiger partial charge on any atom is -0.422 e. The molecule has 1 saturated carbocycles. The zero-order valence-corrected chi connectivity index (χ0v) is 19.7. The molecule has 1 aromatic carbocycles. The quantitative estimate of drug-likeness (QED) is 0.347. The first-order valence-corrected chi connectivity index (χ1v) is 12.2. The predicted molar refractivity (Wildman–Crippen MR) is 137 cm³/mol. The lowest BCUT2D eigenvalue weighted by atomic mass is 10.0. The summed E-state index contributed by atoms with van der Waals surface area (Å²) in [4.78, 5) is 24.0. The Labute approximate surface area is 205 Å². The highest BCUT2D eigenvalue weighted by Crippen LogP contribution is 2.43. The van der Waals surface area contributed by atoms with E-state index in [1.54, 1.807) is 19.4 Å². The highest BCUT2D eigenvalue weighted by molar-refractivity contribution is 6.14. The fourth-order valence-electron chi connectivity index (χ4n) is 5.91. The standard InChI is InChI=1S/C26H25FN8O/c1-29-21-8-15(27)7-18-22-24(32-23(18)21)33-26(36-17-9-20-19(31-10-17)3-2-4-30-20)34-25(22)35-11-13-5-16(28)6-14(13)12-35/h2-4,7-10,13-14,16,29H,5-6,11-12,28H2,1H3,(H,32,33,34)/t13-,14?,16-/m0/s1. The van der Waals surface area contributed by atoms with E-state index in [0.29, 0.717) is 28.9 Å². The summed E-state index contributed by atoms with van der Waals surface area (Å²) in [6, 6.07) is 9.02. The lowest BCUT2D eigenvalue weighted by molar-refractivity contribution is 0.442. The van der Waals surface area contributed by atoms with E-state index >= 15 is 0 Å². The Bertz CT molecular complexity index is 1620. The van der Waals surface area contributed by atoms with Crippen LogP contribution in [-0.4, -0.2) is 51.1 Å². The summed E-state index contributed by atoms with van der Waals surface area (Å²) in [5.41, 5.74) is 9.75. The fourth-order valence-corrected chi connectivity index (χ4v) is 5.91. The maximum atomic E-state index is 14.6. The van der Waals surface area contributed by atoms with Crippen LogP contribution in [0.25, 0.3) is 33.0 Å². The van der Waals surface area contributed by atoms with Crippen LogP contribution >= 0.6 is 0 Å². The smallest absolute Gasteiger partial charge is 0.326 e.